The van der Waals surface area contributed by atoms with Crippen molar-refractivity contribution in [1.29, 1.82) is 0 Å². The molecule has 4 amide bonds. The highest BCUT2D eigenvalue weighted by Gasteiger charge is 2.42. The molecule has 3 aromatic carbocycles. The van der Waals surface area contributed by atoms with E-state index in [1.807, 2.05) is 58.6 Å². The molecule has 5 atom stereocenters. The van der Waals surface area contributed by atoms with E-state index < -0.39 is 24.3 Å². The van der Waals surface area contributed by atoms with Gasteiger partial charge < -0.3 is 49.3 Å². The molecule has 330 valence electrons. The van der Waals surface area contributed by atoms with Crippen molar-refractivity contribution in [3.05, 3.63) is 65.9 Å². The van der Waals surface area contributed by atoms with Gasteiger partial charge in [0.1, 0.15) is 36.1 Å². The molecular weight excluding hydrogens is 793 g/mol. The van der Waals surface area contributed by atoms with Gasteiger partial charge in [-0.2, -0.15) is 0 Å². The van der Waals surface area contributed by atoms with Crippen LogP contribution in [0.1, 0.15) is 83.7 Å². The summed E-state index contributed by atoms with van der Waals surface area (Å²) in [5.74, 6) is 1.46. The second kappa shape index (κ2) is 18.4. The molecule has 5 aromatic rings. The number of ether oxygens (including phenoxy) is 4. The number of hydrogen-bond acceptors (Lipinski definition) is 10. The van der Waals surface area contributed by atoms with Crippen LogP contribution in [0.15, 0.2) is 48.7 Å². The van der Waals surface area contributed by atoms with Gasteiger partial charge in [-0.3, -0.25) is 9.59 Å². The quantitative estimate of drug-likeness (QED) is 0.0884. The standard InChI is InChI=1S/C46H58N8O8/c1-10-15-53(43(55)38(24(2)3)51-45(57)60-8)26(6)41-47-20-35(49-41)29-11-13-31-30(17-29)23-62-37-19-32-28(18-33(31)37)12-14-34-40(32)50-42(48-34)36-16-27(22-59-7)21-54(36)44(56)39(25(4)5)52-46(58)61-9/h11-14,17-20,24-27,36,38-39H,10,15-16,21-23H2,1-9H3,(H,47,49)(H,48,50)(H,51,57)(H,52,58)/t26-,27-,36-,38-,39-/m0/s1. The van der Waals surface area contributed by atoms with Gasteiger partial charge in [-0.1, -0.05) is 52.8 Å². The fraction of sp³-hybridized carbons (Fsp3) is 0.478. The summed E-state index contributed by atoms with van der Waals surface area (Å²) in [6, 6.07) is 12.3. The second-order valence-corrected chi connectivity index (χ2v) is 17.0. The van der Waals surface area contributed by atoms with Gasteiger partial charge in [0.25, 0.3) is 0 Å². The number of alkyl carbamates (subject to hydrolysis) is 2. The Balaban J connectivity index is 1.15. The Labute approximate surface area is 361 Å². The molecule has 4 N–H and O–H groups in total. The van der Waals surface area contributed by atoms with Crippen molar-refractivity contribution >= 4 is 45.8 Å². The van der Waals surface area contributed by atoms with Gasteiger partial charge in [0.05, 0.1) is 55.8 Å². The maximum atomic E-state index is 14.1. The topological polar surface area (TPSA) is 193 Å². The van der Waals surface area contributed by atoms with Gasteiger partial charge in [-0.15, -0.1) is 0 Å². The maximum Gasteiger partial charge on any atom is 0.407 e. The minimum Gasteiger partial charge on any atom is -0.488 e. The third-order valence-electron chi connectivity index (χ3n) is 12.1. The van der Waals surface area contributed by atoms with E-state index in [2.05, 4.69) is 50.9 Å². The second-order valence-electron chi connectivity index (χ2n) is 17.0. The van der Waals surface area contributed by atoms with Crippen LogP contribution in [-0.2, 0) is 30.4 Å². The fourth-order valence-corrected chi connectivity index (χ4v) is 8.75. The molecule has 1 fully saturated rings. The first-order chi connectivity index (χ1) is 29.8. The predicted octanol–water partition coefficient (Wildman–Crippen LogP) is 7.26. The summed E-state index contributed by atoms with van der Waals surface area (Å²) in [6.07, 6.45) is 1.87. The molecular formula is C46H58N8O8. The van der Waals surface area contributed by atoms with Crippen LogP contribution in [0.2, 0.25) is 0 Å². The third kappa shape index (κ3) is 8.65. The summed E-state index contributed by atoms with van der Waals surface area (Å²) in [4.78, 5) is 72.5. The highest BCUT2D eigenvalue weighted by Crippen LogP contribution is 2.43. The van der Waals surface area contributed by atoms with Crippen LogP contribution in [-0.4, -0.2) is 107 Å². The van der Waals surface area contributed by atoms with Crippen molar-refractivity contribution in [3.8, 4) is 28.1 Å². The fourth-order valence-electron chi connectivity index (χ4n) is 8.75. The number of nitrogens with one attached hydrogen (secondary N) is 4. The van der Waals surface area contributed by atoms with E-state index in [0.29, 0.717) is 44.4 Å². The lowest BCUT2D eigenvalue weighted by Crippen LogP contribution is -2.52. The number of aromatic nitrogens is 4. The zero-order valence-electron chi connectivity index (χ0n) is 37.0. The molecule has 62 heavy (non-hydrogen) atoms. The molecule has 0 aliphatic carbocycles. The van der Waals surface area contributed by atoms with Crippen LogP contribution in [0.5, 0.6) is 5.75 Å². The van der Waals surface area contributed by atoms with Crippen molar-refractivity contribution in [1.82, 2.24) is 40.4 Å². The Morgan fingerprint density at radius 1 is 0.919 bits per heavy atom. The predicted molar refractivity (Wildman–Crippen MR) is 234 cm³/mol. The minimum atomic E-state index is -0.764. The van der Waals surface area contributed by atoms with Gasteiger partial charge in [0.2, 0.25) is 11.8 Å². The van der Waals surface area contributed by atoms with Crippen LogP contribution in [0, 0.1) is 17.8 Å². The number of carbonyl (C=O) groups excluding carboxylic acids is 4. The average Bonchev–Trinajstić information content (AvgIpc) is 4.04. The van der Waals surface area contributed by atoms with Crippen LogP contribution >= 0.6 is 0 Å². The molecule has 0 spiro atoms. The Bertz CT molecular complexity index is 2460. The number of benzene rings is 3. The minimum absolute atomic E-state index is 0.0948. The smallest absolute Gasteiger partial charge is 0.407 e. The molecule has 2 aliphatic rings. The lowest BCUT2D eigenvalue weighted by atomic mass is 9.92. The van der Waals surface area contributed by atoms with Crippen LogP contribution in [0.4, 0.5) is 9.59 Å². The number of aromatic amines is 2. The Kier molecular flexibility index (Phi) is 13.1. The average molecular weight is 851 g/mol. The monoisotopic (exact) mass is 850 g/mol. The largest absolute Gasteiger partial charge is 0.488 e. The molecule has 16 nitrogen and oxygen atoms in total. The van der Waals surface area contributed by atoms with Gasteiger partial charge in [0, 0.05) is 37.1 Å². The summed E-state index contributed by atoms with van der Waals surface area (Å²) in [6.45, 7) is 13.3. The van der Waals surface area contributed by atoms with E-state index in [4.69, 9.17) is 28.9 Å². The Morgan fingerprint density at radius 3 is 2.32 bits per heavy atom. The van der Waals surface area contributed by atoms with E-state index in [9.17, 15) is 19.2 Å². The van der Waals surface area contributed by atoms with E-state index >= 15 is 0 Å². The van der Waals surface area contributed by atoms with Crippen molar-refractivity contribution in [2.24, 2.45) is 17.8 Å². The van der Waals surface area contributed by atoms with Crippen molar-refractivity contribution in [2.75, 3.05) is 41.0 Å². The first-order valence-electron chi connectivity index (χ1n) is 21.3. The number of carbonyl (C=O) groups is 4. The molecule has 1 saturated heterocycles. The number of amides is 4. The number of fused-ring (bicyclic) bond motifs is 6. The molecule has 0 unspecified atom stereocenters. The lowest BCUT2D eigenvalue weighted by Gasteiger charge is -2.33. The van der Waals surface area contributed by atoms with E-state index in [0.717, 1.165) is 61.9 Å². The SMILES string of the molecule is CCCN(C(=O)[C@@H](NC(=O)OC)C(C)C)[C@@H](C)c1ncc(-c2ccc3c(c2)COc2cc4c(ccc5[nH]c([C@@H]6C[C@H](COC)CN6C(=O)[C@@H](NC(=O)OC)C(C)C)nc54)cc2-3)[nH]1. The molecule has 16 heteroatoms. The number of methoxy groups -OCH3 is 3. The Morgan fingerprint density at radius 2 is 1.65 bits per heavy atom. The van der Waals surface area contributed by atoms with E-state index in [1.165, 1.54) is 14.2 Å². The summed E-state index contributed by atoms with van der Waals surface area (Å²) < 4.78 is 21.6. The number of H-pyrrole nitrogens is 2. The number of likely N-dealkylation sites (tertiary alicyclic amines) is 1. The van der Waals surface area contributed by atoms with Crippen LogP contribution in [0.25, 0.3) is 44.2 Å². The van der Waals surface area contributed by atoms with Crippen LogP contribution < -0.4 is 15.4 Å². The van der Waals surface area contributed by atoms with Crippen molar-refractivity contribution in [2.45, 2.75) is 85.2 Å². The maximum absolute atomic E-state index is 14.1. The highest BCUT2D eigenvalue weighted by molar-refractivity contribution is 6.07. The lowest BCUT2D eigenvalue weighted by molar-refractivity contribution is -0.137. The summed E-state index contributed by atoms with van der Waals surface area (Å²) in [5.41, 5.74) is 6.43. The molecule has 2 aromatic heterocycles. The summed E-state index contributed by atoms with van der Waals surface area (Å²) in [7, 11) is 4.22. The van der Waals surface area contributed by atoms with E-state index in [1.54, 1.807) is 18.2 Å². The van der Waals surface area contributed by atoms with Gasteiger partial charge >= 0.3 is 12.2 Å². The molecule has 0 radical (unpaired) electrons. The van der Waals surface area contributed by atoms with Crippen LogP contribution in [0.3, 0.4) is 0 Å². The van der Waals surface area contributed by atoms with Crippen molar-refractivity contribution < 1.29 is 38.1 Å². The molecule has 0 saturated carbocycles. The van der Waals surface area contributed by atoms with Crippen molar-refractivity contribution in [3.63, 3.8) is 0 Å². The molecule has 4 heterocycles. The van der Waals surface area contributed by atoms with Gasteiger partial charge in [0.15, 0.2) is 0 Å². The first kappa shape index (κ1) is 43.9. The van der Waals surface area contributed by atoms with Gasteiger partial charge in [-0.05, 0) is 77.9 Å². The molecule has 0 bridgehead atoms. The zero-order chi connectivity index (χ0) is 44.4. The van der Waals surface area contributed by atoms with Gasteiger partial charge in [-0.25, -0.2) is 19.6 Å². The number of rotatable bonds is 14. The third-order valence-corrected chi connectivity index (χ3v) is 12.1. The molecule has 2 aliphatic heterocycles. The highest BCUT2D eigenvalue weighted by atomic mass is 16.5. The Hall–Kier alpha value is -6.16. The number of nitrogens with zero attached hydrogens (tertiary/aromatic N) is 4. The molecule has 7 rings (SSSR count). The number of hydrogen-bond donors (Lipinski definition) is 4. The van der Waals surface area contributed by atoms with E-state index in [-0.39, 0.29) is 41.7 Å². The number of imidazole rings is 2. The zero-order valence-corrected chi connectivity index (χ0v) is 37.0. The first-order valence-corrected chi connectivity index (χ1v) is 21.3. The summed E-state index contributed by atoms with van der Waals surface area (Å²) in [5, 5.41) is 7.35. The normalized spacial score (nSPS) is 17.3. The summed E-state index contributed by atoms with van der Waals surface area (Å²) >= 11 is 0.